The van der Waals surface area contributed by atoms with E-state index in [4.69, 9.17) is 11.6 Å². The van der Waals surface area contributed by atoms with E-state index in [-0.39, 0.29) is 11.3 Å². The van der Waals surface area contributed by atoms with E-state index in [1.54, 1.807) is 0 Å². The Kier molecular flexibility index (Phi) is 9.82. The zero-order valence-corrected chi connectivity index (χ0v) is 25.0. The van der Waals surface area contributed by atoms with Crippen molar-refractivity contribution < 1.29 is 9.59 Å². The summed E-state index contributed by atoms with van der Waals surface area (Å²) in [5, 5.41) is 6.45. The van der Waals surface area contributed by atoms with Crippen molar-refractivity contribution >= 4 is 35.3 Å². The summed E-state index contributed by atoms with van der Waals surface area (Å²) in [6, 6.07) is 16.3. The van der Waals surface area contributed by atoms with E-state index in [0.29, 0.717) is 24.6 Å². The number of halogens is 1. The van der Waals surface area contributed by atoms with E-state index >= 15 is 0 Å². The van der Waals surface area contributed by atoms with Gasteiger partial charge in [-0.05, 0) is 92.8 Å². The second kappa shape index (κ2) is 13.9. The van der Waals surface area contributed by atoms with E-state index in [0.717, 1.165) is 85.8 Å². The summed E-state index contributed by atoms with van der Waals surface area (Å²) in [6.07, 6.45) is 13.0. The molecule has 42 heavy (non-hydrogen) atoms. The van der Waals surface area contributed by atoms with Gasteiger partial charge in [-0.3, -0.25) is 14.5 Å². The van der Waals surface area contributed by atoms with Crippen molar-refractivity contribution in [2.24, 2.45) is 0 Å². The molecule has 1 atom stereocenters. The lowest BCUT2D eigenvalue weighted by atomic mass is 9.99. The molecule has 3 aliphatic heterocycles. The fourth-order valence-corrected chi connectivity index (χ4v) is 6.37. The number of hydrogen-bond donors (Lipinski definition) is 2. The topological polar surface area (TPSA) is 67.9 Å². The van der Waals surface area contributed by atoms with E-state index in [2.05, 4.69) is 34.3 Å². The maximum Gasteiger partial charge on any atom is 0.253 e. The lowest BCUT2D eigenvalue weighted by Crippen LogP contribution is -2.49. The van der Waals surface area contributed by atoms with Gasteiger partial charge in [0.05, 0.1) is 17.1 Å². The summed E-state index contributed by atoms with van der Waals surface area (Å²) < 4.78 is 0. The normalized spacial score (nSPS) is 20.3. The Morgan fingerprint density at radius 3 is 2.57 bits per heavy atom. The van der Waals surface area contributed by atoms with Crippen molar-refractivity contribution in [1.29, 1.82) is 0 Å². The van der Waals surface area contributed by atoms with Crippen LogP contribution in [0.1, 0.15) is 54.1 Å². The number of allylic oxidation sites excluding steroid dienone is 3. The smallest absolute Gasteiger partial charge is 0.253 e. The molecule has 3 aliphatic rings. The first kappa shape index (κ1) is 29.7. The van der Waals surface area contributed by atoms with E-state index in [9.17, 15) is 9.59 Å². The standard InChI is InChI=1S/C34H40ClN5O2/c1-3-17-40-25(2)32(13-14-33(40)28-7-4-6-26(21-28)22-36-24-41)37-30-11-9-27(10-12-30)34(42)38-19-15-31(16-20-38)39-18-5-8-29(35)23-39/h3-4,6-7,9-14,17,21,24,29,31,37H,2,5,8,15-16,18-20,22-23H2,1H3,(H,36,41)/b17-3-. The molecule has 0 spiro atoms. The van der Waals surface area contributed by atoms with Gasteiger partial charge < -0.3 is 20.4 Å². The predicted octanol–water partition coefficient (Wildman–Crippen LogP) is 5.94. The first-order valence-corrected chi connectivity index (χ1v) is 15.2. The summed E-state index contributed by atoms with van der Waals surface area (Å²) in [5.41, 5.74) is 6.30. The van der Waals surface area contributed by atoms with Crippen LogP contribution in [0.2, 0.25) is 0 Å². The third-order valence-electron chi connectivity index (χ3n) is 8.25. The van der Waals surface area contributed by atoms with E-state index in [1.807, 2.05) is 77.5 Å². The third kappa shape index (κ3) is 6.97. The highest BCUT2D eigenvalue weighted by molar-refractivity contribution is 6.20. The van der Waals surface area contributed by atoms with Crippen molar-refractivity contribution in [3.8, 4) is 0 Å². The van der Waals surface area contributed by atoms with Gasteiger partial charge in [0.2, 0.25) is 6.41 Å². The van der Waals surface area contributed by atoms with Crippen molar-refractivity contribution in [1.82, 2.24) is 20.0 Å². The van der Waals surface area contributed by atoms with Gasteiger partial charge in [0, 0.05) is 55.0 Å². The molecule has 2 aromatic carbocycles. The number of amides is 2. The first-order chi connectivity index (χ1) is 20.5. The highest BCUT2D eigenvalue weighted by atomic mass is 35.5. The van der Waals surface area contributed by atoms with Crippen LogP contribution in [-0.2, 0) is 11.3 Å². The maximum absolute atomic E-state index is 13.3. The zero-order chi connectivity index (χ0) is 29.5. The molecule has 0 aromatic heterocycles. The van der Waals surface area contributed by atoms with Crippen LogP contribution >= 0.6 is 11.6 Å². The van der Waals surface area contributed by atoms with Gasteiger partial charge in [-0.25, -0.2) is 0 Å². The molecule has 8 heteroatoms. The Labute approximate surface area is 254 Å². The molecule has 1 unspecified atom stereocenters. The van der Waals surface area contributed by atoms with Crippen LogP contribution in [0.4, 0.5) is 5.69 Å². The van der Waals surface area contributed by atoms with Crippen LogP contribution in [0.25, 0.3) is 5.70 Å². The molecule has 2 saturated heterocycles. The number of nitrogens with one attached hydrogen (secondary N) is 2. The molecule has 0 aliphatic carbocycles. The van der Waals surface area contributed by atoms with Gasteiger partial charge in [-0.15, -0.1) is 11.6 Å². The zero-order valence-electron chi connectivity index (χ0n) is 24.3. The summed E-state index contributed by atoms with van der Waals surface area (Å²) in [5.74, 6) is 0.0903. The van der Waals surface area contributed by atoms with Crippen LogP contribution in [0.5, 0.6) is 0 Å². The Balaban J connectivity index is 1.23. The molecule has 0 saturated carbocycles. The highest BCUT2D eigenvalue weighted by Gasteiger charge is 2.30. The number of nitrogens with zero attached hydrogens (tertiary/aromatic N) is 3. The van der Waals surface area contributed by atoms with Gasteiger partial charge >= 0.3 is 0 Å². The van der Waals surface area contributed by atoms with Crippen molar-refractivity contribution in [2.45, 2.75) is 50.6 Å². The van der Waals surface area contributed by atoms with Gasteiger partial charge in [0.15, 0.2) is 0 Å². The number of rotatable bonds is 9. The average Bonchev–Trinajstić information content (AvgIpc) is 3.02. The van der Waals surface area contributed by atoms with Crippen LogP contribution in [0.15, 0.2) is 90.9 Å². The summed E-state index contributed by atoms with van der Waals surface area (Å²) in [7, 11) is 0. The number of piperidine rings is 2. The molecule has 2 aromatic rings. The maximum atomic E-state index is 13.3. The second-order valence-electron chi connectivity index (χ2n) is 11.1. The number of anilines is 1. The Hall–Kier alpha value is -3.81. The number of hydrogen-bond acceptors (Lipinski definition) is 5. The molecule has 7 nitrogen and oxygen atoms in total. The first-order valence-electron chi connectivity index (χ1n) is 14.8. The highest BCUT2D eigenvalue weighted by Crippen LogP contribution is 2.32. The molecular weight excluding hydrogens is 546 g/mol. The lowest BCUT2D eigenvalue weighted by molar-refractivity contribution is -0.109. The van der Waals surface area contributed by atoms with Gasteiger partial charge in [0.1, 0.15) is 0 Å². The second-order valence-corrected chi connectivity index (χ2v) is 11.7. The number of benzene rings is 2. The van der Waals surface area contributed by atoms with Crippen LogP contribution < -0.4 is 10.6 Å². The fourth-order valence-electron chi connectivity index (χ4n) is 6.04. The Morgan fingerprint density at radius 1 is 1.07 bits per heavy atom. The van der Waals surface area contributed by atoms with Crippen molar-refractivity contribution in [2.75, 3.05) is 31.5 Å². The Morgan fingerprint density at radius 2 is 1.86 bits per heavy atom. The molecule has 2 N–H and O–H groups in total. The minimum Gasteiger partial charge on any atom is -0.355 e. The molecule has 3 heterocycles. The van der Waals surface area contributed by atoms with Gasteiger partial charge in [0.25, 0.3) is 5.91 Å². The van der Waals surface area contributed by atoms with E-state index < -0.39 is 0 Å². The molecule has 2 amide bonds. The molecular formula is C34H40ClN5O2. The minimum atomic E-state index is 0.0903. The van der Waals surface area contributed by atoms with Crippen molar-refractivity contribution in [3.05, 3.63) is 108 Å². The monoisotopic (exact) mass is 585 g/mol. The summed E-state index contributed by atoms with van der Waals surface area (Å²) in [6.45, 7) is 10.5. The Bertz CT molecular complexity index is 1370. The largest absolute Gasteiger partial charge is 0.355 e. The van der Waals surface area contributed by atoms with E-state index in [1.165, 1.54) is 0 Å². The van der Waals surface area contributed by atoms with Gasteiger partial charge in [-0.2, -0.15) is 0 Å². The van der Waals surface area contributed by atoms with Crippen LogP contribution in [0, 0.1) is 0 Å². The average molecular weight is 586 g/mol. The van der Waals surface area contributed by atoms with Gasteiger partial charge in [-0.1, -0.05) is 30.9 Å². The number of likely N-dealkylation sites (tertiary alicyclic amines) is 2. The summed E-state index contributed by atoms with van der Waals surface area (Å²) >= 11 is 6.41. The third-order valence-corrected chi connectivity index (χ3v) is 8.61. The molecule has 5 rings (SSSR count). The predicted molar refractivity (Wildman–Crippen MR) is 171 cm³/mol. The van der Waals surface area contributed by atoms with Crippen LogP contribution in [-0.4, -0.2) is 64.6 Å². The molecule has 2 fully saturated rings. The SMILES string of the molecule is C=C1C(Nc2ccc(C(=O)N3CCC(N4CCCC(Cl)C4)CC3)cc2)=CC=C(c2cccc(CNC=O)c2)N1/C=C\C. The minimum absolute atomic E-state index is 0.0903. The molecule has 0 bridgehead atoms. The number of alkyl halides is 1. The van der Waals surface area contributed by atoms with Crippen LogP contribution in [0.3, 0.4) is 0 Å². The fraction of sp³-hybridized carbons (Fsp3) is 0.353. The lowest BCUT2D eigenvalue weighted by Gasteiger charge is -2.41. The quantitative estimate of drug-likeness (QED) is 0.282. The van der Waals surface area contributed by atoms with Crippen molar-refractivity contribution in [3.63, 3.8) is 0 Å². The summed E-state index contributed by atoms with van der Waals surface area (Å²) in [4.78, 5) is 30.6. The number of carbonyl (C=O) groups excluding carboxylic acids is 2. The number of carbonyl (C=O) groups is 2. The molecule has 220 valence electrons. The molecule has 0 radical (unpaired) electrons.